The quantitative estimate of drug-likeness (QED) is 0.656. The predicted molar refractivity (Wildman–Crippen MR) is 88.4 cm³/mol. The summed E-state index contributed by atoms with van der Waals surface area (Å²) in [4.78, 5) is 0. The molecule has 112 valence electrons. The first kappa shape index (κ1) is 17.0. The second kappa shape index (κ2) is 5.74. The maximum Gasteiger partial charge on any atom is 0.241 e. The van der Waals surface area contributed by atoms with Gasteiger partial charge in [0.15, 0.2) is 8.32 Å². The minimum atomic E-state index is -1.71. The van der Waals surface area contributed by atoms with Crippen molar-refractivity contribution in [3.63, 3.8) is 0 Å². The molecule has 2 nitrogen and oxygen atoms in total. The Hall–Kier alpha value is -0.0662. The zero-order chi connectivity index (χ0) is 14.9. The monoisotopic (exact) mass is 300 g/mol. The Morgan fingerprint density at radius 1 is 1.11 bits per heavy atom. The summed E-state index contributed by atoms with van der Waals surface area (Å²) in [5.74, 6) is 1.12. The van der Waals surface area contributed by atoms with Gasteiger partial charge in [-0.2, -0.15) is 0 Å². The summed E-state index contributed by atoms with van der Waals surface area (Å²) in [6, 6.07) is 0. The molecule has 0 N–H and O–H groups in total. The average molecular weight is 301 g/mol. The Labute approximate surface area is 121 Å². The Balaban J connectivity index is 2.81. The molecule has 19 heavy (non-hydrogen) atoms. The van der Waals surface area contributed by atoms with Gasteiger partial charge in [-0.1, -0.05) is 20.8 Å². The third-order valence-electron chi connectivity index (χ3n) is 4.00. The zero-order valence-corrected chi connectivity index (χ0v) is 16.1. The summed E-state index contributed by atoms with van der Waals surface area (Å²) >= 11 is 0. The maximum absolute atomic E-state index is 6.57. The molecule has 1 unspecified atom stereocenters. The largest absolute Gasteiger partial charge is 0.546 e. The summed E-state index contributed by atoms with van der Waals surface area (Å²) in [7, 11) is -3.26. The zero-order valence-electron chi connectivity index (χ0n) is 14.1. The van der Waals surface area contributed by atoms with Crippen molar-refractivity contribution in [3.8, 4) is 0 Å². The summed E-state index contributed by atoms with van der Waals surface area (Å²) in [5.41, 5.74) is 0. The Morgan fingerprint density at radius 3 is 2.16 bits per heavy atom. The molecule has 0 aromatic carbocycles. The molecule has 0 spiro atoms. The van der Waals surface area contributed by atoms with E-state index in [2.05, 4.69) is 59.6 Å². The van der Waals surface area contributed by atoms with E-state index in [0.29, 0.717) is 0 Å². The fraction of sp³-hybridized carbons (Fsp3) is 0.867. The van der Waals surface area contributed by atoms with Gasteiger partial charge in [-0.15, -0.1) is 0 Å². The van der Waals surface area contributed by atoms with E-state index in [1.54, 1.807) is 0 Å². The first-order valence-corrected chi connectivity index (χ1v) is 13.8. The smallest absolute Gasteiger partial charge is 0.241 e. The van der Waals surface area contributed by atoms with Gasteiger partial charge in [0.05, 0.1) is 0 Å². The lowest BCUT2D eigenvalue weighted by Crippen LogP contribution is -2.45. The van der Waals surface area contributed by atoms with Gasteiger partial charge in [-0.05, 0) is 63.1 Å². The van der Waals surface area contributed by atoms with Crippen LogP contribution in [0.5, 0.6) is 0 Å². The van der Waals surface area contributed by atoms with Crippen molar-refractivity contribution in [2.45, 2.75) is 83.9 Å². The number of hydrogen-bond acceptors (Lipinski definition) is 2. The molecule has 0 amide bonds. The number of rotatable bonds is 4. The first-order chi connectivity index (χ1) is 8.42. The van der Waals surface area contributed by atoms with Crippen LogP contribution in [-0.2, 0) is 8.85 Å². The second-order valence-electron chi connectivity index (χ2n) is 8.12. The summed E-state index contributed by atoms with van der Waals surface area (Å²) in [5, 5.41) is 0.259. The van der Waals surface area contributed by atoms with Gasteiger partial charge in [0, 0.05) is 0 Å². The van der Waals surface area contributed by atoms with Crippen LogP contribution in [0.4, 0.5) is 0 Å². The lowest BCUT2D eigenvalue weighted by molar-refractivity contribution is 0.146. The SMILES string of the molecule is CC(C)(C)[Si](C)(C)OC1CCCC=C1O[Si](C)(C)C. The van der Waals surface area contributed by atoms with Gasteiger partial charge >= 0.3 is 0 Å². The molecule has 0 saturated carbocycles. The van der Waals surface area contributed by atoms with Crippen LogP contribution >= 0.6 is 0 Å². The van der Waals surface area contributed by atoms with Crippen LogP contribution in [0.1, 0.15) is 40.0 Å². The highest BCUT2D eigenvalue weighted by Crippen LogP contribution is 2.39. The van der Waals surface area contributed by atoms with Crippen LogP contribution in [-0.4, -0.2) is 22.7 Å². The molecule has 0 heterocycles. The first-order valence-electron chi connectivity index (χ1n) is 7.49. The predicted octanol–water partition coefficient (Wildman–Crippen LogP) is 5.30. The second-order valence-corrected chi connectivity index (χ2v) is 17.3. The van der Waals surface area contributed by atoms with Gasteiger partial charge < -0.3 is 8.85 Å². The maximum atomic E-state index is 6.57. The van der Waals surface area contributed by atoms with Crippen LogP contribution in [0.2, 0.25) is 37.8 Å². The number of allylic oxidation sites excluding steroid dienone is 1. The van der Waals surface area contributed by atoms with Gasteiger partial charge in [-0.25, -0.2) is 0 Å². The molecule has 1 atom stereocenters. The summed E-state index contributed by atoms with van der Waals surface area (Å²) < 4.78 is 12.8. The van der Waals surface area contributed by atoms with Crippen molar-refractivity contribution in [3.05, 3.63) is 11.8 Å². The lowest BCUT2D eigenvalue weighted by Gasteiger charge is -2.41. The van der Waals surface area contributed by atoms with Crippen LogP contribution in [0.15, 0.2) is 11.8 Å². The fourth-order valence-corrected chi connectivity index (χ4v) is 4.15. The Morgan fingerprint density at radius 2 is 1.68 bits per heavy atom. The van der Waals surface area contributed by atoms with Crippen molar-refractivity contribution in [2.24, 2.45) is 0 Å². The van der Waals surface area contributed by atoms with Crippen LogP contribution in [0.25, 0.3) is 0 Å². The van der Waals surface area contributed by atoms with E-state index in [9.17, 15) is 0 Å². The van der Waals surface area contributed by atoms with Crippen LogP contribution < -0.4 is 0 Å². The summed E-state index contributed by atoms with van der Waals surface area (Å²) in [6.07, 6.45) is 5.93. The molecule has 1 aliphatic rings. The molecule has 4 heteroatoms. The highest BCUT2D eigenvalue weighted by Gasteiger charge is 2.40. The van der Waals surface area contributed by atoms with E-state index in [4.69, 9.17) is 8.85 Å². The van der Waals surface area contributed by atoms with E-state index < -0.39 is 16.6 Å². The molecule has 1 aliphatic carbocycles. The van der Waals surface area contributed by atoms with E-state index in [1.807, 2.05) is 0 Å². The van der Waals surface area contributed by atoms with E-state index >= 15 is 0 Å². The minimum absolute atomic E-state index is 0.196. The van der Waals surface area contributed by atoms with E-state index in [1.165, 1.54) is 6.42 Å². The highest BCUT2D eigenvalue weighted by molar-refractivity contribution is 6.74. The van der Waals surface area contributed by atoms with Crippen LogP contribution in [0.3, 0.4) is 0 Å². The van der Waals surface area contributed by atoms with Gasteiger partial charge in [0.25, 0.3) is 0 Å². The average Bonchev–Trinajstić information content (AvgIpc) is 2.16. The molecule has 0 aromatic heterocycles. The molecule has 0 aliphatic heterocycles. The molecule has 0 fully saturated rings. The van der Waals surface area contributed by atoms with E-state index in [0.717, 1.165) is 18.6 Å². The van der Waals surface area contributed by atoms with Gasteiger partial charge in [0.1, 0.15) is 11.9 Å². The van der Waals surface area contributed by atoms with Crippen molar-refractivity contribution < 1.29 is 8.85 Å². The normalized spacial score (nSPS) is 22.1. The van der Waals surface area contributed by atoms with Crippen molar-refractivity contribution in [1.82, 2.24) is 0 Å². The van der Waals surface area contributed by atoms with Gasteiger partial charge in [-0.3, -0.25) is 0 Å². The molecule has 0 bridgehead atoms. The molecule has 0 saturated heterocycles. The molecular formula is C15H32O2Si2. The van der Waals surface area contributed by atoms with E-state index in [-0.39, 0.29) is 11.1 Å². The third-order valence-corrected chi connectivity index (χ3v) is 9.33. The molecule has 1 rings (SSSR count). The molecule has 0 aromatic rings. The third kappa shape index (κ3) is 5.08. The minimum Gasteiger partial charge on any atom is -0.546 e. The van der Waals surface area contributed by atoms with Crippen LogP contribution in [0, 0.1) is 0 Å². The van der Waals surface area contributed by atoms with Crippen molar-refractivity contribution in [2.75, 3.05) is 0 Å². The van der Waals surface area contributed by atoms with Crippen molar-refractivity contribution in [1.29, 1.82) is 0 Å². The lowest BCUT2D eigenvalue weighted by atomic mass is 10.0. The Kier molecular flexibility index (Phi) is 5.13. The fourth-order valence-electron chi connectivity index (χ4n) is 1.93. The molecule has 0 radical (unpaired) electrons. The topological polar surface area (TPSA) is 18.5 Å². The Bertz CT molecular complexity index is 335. The summed E-state index contributed by atoms with van der Waals surface area (Å²) in [6.45, 7) is 18.3. The highest BCUT2D eigenvalue weighted by atomic mass is 28.4. The van der Waals surface area contributed by atoms with Gasteiger partial charge in [0.2, 0.25) is 8.32 Å². The number of hydrogen-bond donors (Lipinski definition) is 0. The standard InChI is InChI=1S/C15H32O2Si2/c1-15(2,3)19(7,8)17-14-12-10-9-11-13(14)16-18(4,5)6/h11,14H,9-10,12H2,1-8H3. The van der Waals surface area contributed by atoms with Crippen molar-refractivity contribution >= 4 is 16.6 Å². The molecular weight excluding hydrogens is 268 g/mol.